The van der Waals surface area contributed by atoms with Crippen molar-refractivity contribution in [3.05, 3.63) is 42.0 Å². The molecule has 0 unspecified atom stereocenters. The highest BCUT2D eigenvalue weighted by Crippen LogP contribution is 2.46. The van der Waals surface area contributed by atoms with E-state index in [0.717, 1.165) is 21.2 Å². The first-order chi connectivity index (χ1) is 9.19. The Labute approximate surface area is 116 Å². The van der Waals surface area contributed by atoms with E-state index in [0.29, 0.717) is 11.3 Å². The highest BCUT2D eigenvalue weighted by Gasteiger charge is 2.19. The number of fused-ring (bicyclic) bond motifs is 2. The number of para-hydroxylation sites is 1. The van der Waals surface area contributed by atoms with Crippen LogP contribution in [0.4, 0.5) is 11.4 Å². The molecule has 0 bridgehead atoms. The van der Waals surface area contributed by atoms with Crippen molar-refractivity contribution in [1.82, 2.24) is 0 Å². The van der Waals surface area contributed by atoms with E-state index in [1.807, 2.05) is 30.3 Å². The molecule has 0 amide bonds. The number of benzene rings is 2. The molecule has 2 aromatic carbocycles. The van der Waals surface area contributed by atoms with Crippen LogP contribution in [-0.4, -0.2) is 12.9 Å². The maximum absolute atomic E-state index is 11.6. The van der Waals surface area contributed by atoms with Gasteiger partial charge < -0.3 is 10.1 Å². The standard InChI is InChI=1S/C15H13NO2S/c1-9(17)10-7-15-12(8-13(10)18-2)16-11-5-3-4-6-14(11)19-15/h3-8,16H,1-2H3. The Morgan fingerprint density at radius 2 is 1.95 bits per heavy atom. The van der Waals surface area contributed by atoms with Gasteiger partial charge in [0.05, 0.1) is 24.0 Å². The lowest BCUT2D eigenvalue weighted by Gasteiger charge is -2.22. The van der Waals surface area contributed by atoms with Crippen LogP contribution in [0.5, 0.6) is 5.75 Å². The Hall–Kier alpha value is -1.94. The second-order valence-electron chi connectivity index (χ2n) is 4.33. The molecule has 0 aromatic heterocycles. The van der Waals surface area contributed by atoms with Crippen LogP contribution in [0.15, 0.2) is 46.2 Å². The van der Waals surface area contributed by atoms with Gasteiger partial charge in [-0.15, -0.1) is 0 Å². The fourth-order valence-corrected chi connectivity index (χ4v) is 3.12. The molecule has 0 fully saturated rings. The summed E-state index contributed by atoms with van der Waals surface area (Å²) in [5.74, 6) is 0.623. The lowest BCUT2D eigenvalue weighted by atomic mass is 10.1. The Morgan fingerprint density at radius 1 is 1.16 bits per heavy atom. The number of Topliss-reactive ketones (excluding diaryl/α,β-unsaturated/α-hetero) is 1. The number of carbonyl (C=O) groups is 1. The molecule has 2 aromatic rings. The third-order valence-corrected chi connectivity index (χ3v) is 4.19. The summed E-state index contributed by atoms with van der Waals surface area (Å²) in [6, 6.07) is 11.9. The summed E-state index contributed by atoms with van der Waals surface area (Å²) >= 11 is 1.66. The van der Waals surface area contributed by atoms with E-state index in [1.54, 1.807) is 25.8 Å². The van der Waals surface area contributed by atoms with Crippen LogP contribution in [0.25, 0.3) is 0 Å². The molecule has 19 heavy (non-hydrogen) atoms. The number of ketones is 1. The maximum atomic E-state index is 11.6. The van der Waals surface area contributed by atoms with Gasteiger partial charge in [-0.1, -0.05) is 23.9 Å². The second kappa shape index (κ2) is 4.63. The molecule has 1 heterocycles. The molecular formula is C15H13NO2S. The number of nitrogens with one attached hydrogen (secondary N) is 1. The zero-order chi connectivity index (χ0) is 13.4. The van der Waals surface area contributed by atoms with Gasteiger partial charge in [0.1, 0.15) is 5.75 Å². The lowest BCUT2D eigenvalue weighted by Crippen LogP contribution is -2.04. The molecule has 3 nitrogen and oxygen atoms in total. The lowest BCUT2D eigenvalue weighted by molar-refractivity contribution is 0.101. The van der Waals surface area contributed by atoms with E-state index < -0.39 is 0 Å². The first-order valence-corrected chi connectivity index (χ1v) is 6.77. The number of anilines is 2. The van der Waals surface area contributed by atoms with E-state index in [9.17, 15) is 4.79 Å². The van der Waals surface area contributed by atoms with Crippen molar-refractivity contribution in [3.8, 4) is 5.75 Å². The molecule has 0 aliphatic carbocycles. The van der Waals surface area contributed by atoms with Crippen LogP contribution in [0.1, 0.15) is 17.3 Å². The summed E-state index contributed by atoms with van der Waals surface area (Å²) in [6.45, 7) is 1.55. The van der Waals surface area contributed by atoms with Gasteiger partial charge in [-0.25, -0.2) is 0 Å². The monoisotopic (exact) mass is 271 g/mol. The van der Waals surface area contributed by atoms with Crippen LogP contribution in [0.3, 0.4) is 0 Å². The van der Waals surface area contributed by atoms with Crippen molar-refractivity contribution in [2.75, 3.05) is 12.4 Å². The smallest absolute Gasteiger partial charge is 0.163 e. The fraction of sp³-hybridized carbons (Fsp3) is 0.133. The Bertz CT molecular complexity index is 667. The maximum Gasteiger partial charge on any atom is 0.163 e. The van der Waals surface area contributed by atoms with Gasteiger partial charge in [0.15, 0.2) is 5.78 Å². The van der Waals surface area contributed by atoms with E-state index >= 15 is 0 Å². The Morgan fingerprint density at radius 3 is 2.68 bits per heavy atom. The third kappa shape index (κ3) is 2.08. The molecular weight excluding hydrogens is 258 g/mol. The molecule has 1 N–H and O–H groups in total. The summed E-state index contributed by atoms with van der Waals surface area (Å²) in [6.07, 6.45) is 0. The molecule has 0 saturated carbocycles. The molecule has 0 radical (unpaired) electrons. The molecule has 96 valence electrons. The van der Waals surface area contributed by atoms with Gasteiger partial charge in [0.2, 0.25) is 0 Å². The third-order valence-electron chi connectivity index (χ3n) is 3.06. The van der Waals surface area contributed by atoms with E-state index in [1.165, 1.54) is 0 Å². The van der Waals surface area contributed by atoms with E-state index in [2.05, 4.69) is 11.4 Å². The summed E-state index contributed by atoms with van der Waals surface area (Å²) in [5.41, 5.74) is 2.68. The molecule has 3 rings (SSSR count). The van der Waals surface area contributed by atoms with Gasteiger partial charge in [0, 0.05) is 15.9 Å². The Balaban J connectivity index is 2.11. The summed E-state index contributed by atoms with van der Waals surface area (Å²) in [7, 11) is 1.58. The molecule has 0 saturated heterocycles. The van der Waals surface area contributed by atoms with Crippen LogP contribution in [0.2, 0.25) is 0 Å². The van der Waals surface area contributed by atoms with Crippen molar-refractivity contribution >= 4 is 28.9 Å². The van der Waals surface area contributed by atoms with Crippen molar-refractivity contribution < 1.29 is 9.53 Å². The normalized spacial score (nSPS) is 12.1. The van der Waals surface area contributed by atoms with Gasteiger partial charge in [-0.05, 0) is 25.1 Å². The molecule has 1 aliphatic rings. The van der Waals surface area contributed by atoms with Crippen LogP contribution in [-0.2, 0) is 0 Å². The van der Waals surface area contributed by atoms with Gasteiger partial charge in [0.25, 0.3) is 0 Å². The van der Waals surface area contributed by atoms with Gasteiger partial charge in [-0.2, -0.15) is 0 Å². The molecule has 0 atom stereocenters. The quantitative estimate of drug-likeness (QED) is 0.712. The number of ether oxygens (including phenoxy) is 1. The fourth-order valence-electron chi connectivity index (χ4n) is 2.11. The zero-order valence-corrected chi connectivity index (χ0v) is 11.5. The van der Waals surface area contributed by atoms with Crippen LogP contribution < -0.4 is 10.1 Å². The second-order valence-corrected chi connectivity index (χ2v) is 5.41. The Kier molecular flexibility index (Phi) is 2.95. The number of carbonyl (C=O) groups excluding carboxylic acids is 1. The van der Waals surface area contributed by atoms with Crippen molar-refractivity contribution in [2.45, 2.75) is 16.7 Å². The predicted molar refractivity (Wildman–Crippen MR) is 76.8 cm³/mol. The average molecular weight is 271 g/mol. The number of rotatable bonds is 2. The minimum absolute atomic E-state index is 0.0131. The highest BCUT2D eigenvalue weighted by molar-refractivity contribution is 7.99. The highest BCUT2D eigenvalue weighted by atomic mass is 32.2. The predicted octanol–water partition coefficient (Wildman–Crippen LogP) is 4.11. The van der Waals surface area contributed by atoms with Crippen molar-refractivity contribution in [1.29, 1.82) is 0 Å². The zero-order valence-electron chi connectivity index (χ0n) is 10.7. The van der Waals surface area contributed by atoms with E-state index in [4.69, 9.17) is 4.74 Å². The van der Waals surface area contributed by atoms with Crippen LogP contribution >= 0.6 is 11.8 Å². The number of hydrogen-bond acceptors (Lipinski definition) is 4. The number of hydrogen-bond donors (Lipinski definition) is 1. The van der Waals surface area contributed by atoms with Crippen molar-refractivity contribution in [3.63, 3.8) is 0 Å². The SMILES string of the molecule is COc1cc2c(cc1C(C)=O)Sc1ccccc1N2. The number of methoxy groups -OCH3 is 1. The van der Waals surface area contributed by atoms with Crippen molar-refractivity contribution in [2.24, 2.45) is 0 Å². The molecule has 1 aliphatic heterocycles. The molecule has 0 spiro atoms. The average Bonchev–Trinajstić information content (AvgIpc) is 2.43. The first kappa shape index (κ1) is 12.1. The summed E-state index contributed by atoms with van der Waals surface area (Å²) in [4.78, 5) is 13.9. The molecule has 4 heteroatoms. The van der Waals surface area contributed by atoms with E-state index in [-0.39, 0.29) is 5.78 Å². The van der Waals surface area contributed by atoms with Crippen LogP contribution in [0, 0.1) is 0 Å². The first-order valence-electron chi connectivity index (χ1n) is 5.96. The topological polar surface area (TPSA) is 38.3 Å². The minimum Gasteiger partial charge on any atom is -0.496 e. The summed E-state index contributed by atoms with van der Waals surface area (Å²) < 4.78 is 5.29. The minimum atomic E-state index is 0.0131. The van der Waals surface area contributed by atoms with Gasteiger partial charge >= 0.3 is 0 Å². The largest absolute Gasteiger partial charge is 0.496 e. The summed E-state index contributed by atoms with van der Waals surface area (Å²) in [5, 5.41) is 3.37. The van der Waals surface area contributed by atoms with Gasteiger partial charge in [-0.3, -0.25) is 4.79 Å².